The van der Waals surface area contributed by atoms with Crippen molar-refractivity contribution >= 4 is 11.9 Å². The van der Waals surface area contributed by atoms with Gasteiger partial charge in [-0.05, 0) is 20.8 Å². The van der Waals surface area contributed by atoms with Gasteiger partial charge in [0.25, 0.3) is 5.91 Å². The Morgan fingerprint density at radius 2 is 1.88 bits per heavy atom. The Bertz CT molecular complexity index is 716. The zero-order valence-electron chi connectivity index (χ0n) is 14.8. The Labute approximate surface area is 142 Å². The van der Waals surface area contributed by atoms with Crippen LogP contribution in [-0.2, 0) is 6.54 Å². The van der Waals surface area contributed by atoms with Crippen LogP contribution in [0.5, 0.6) is 5.75 Å². The summed E-state index contributed by atoms with van der Waals surface area (Å²) in [5.41, 5.74) is 3.16. The molecule has 0 aliphatic heterocycles. The van der Waals surface area contributed by atoms with E-state index >= 15 is 0 Å². The molecule has 2 aromatic rings. The zero-order valence-corrected chi connectivity index (χ0v) is 14.8. The Morgan fingerprint density at radius 3 is 2.46 bits per heavy atom. The number of rotatable bonds is 6. The largest absolute Gasteiger partial charge is 0.496 e. The van der Waals surface area contributed by atoms with E-state index in [9.17, 15) is 4.79 Å². The minimum absolute atomic E-state index is 0.154. The monoisotopic (exact) mass is 329 g/mol. The first-order valence-electron chi connectivity index (χ1n) is 7.78. The van der Waals surface area contributed by atoms with Crippen molar-refractivity contribution in [2.75, 3.05) is 26.0 Å². The number of carbonyl (C=O) groups excluding carboxylic acids is 1. The van der Waals surface area contributed by atoms with E-state index in [4.69, 9.17) is 4.74 Å². The SMILES string of the molecule is CCNc1ncc(C(=O)N(C)Cc2ncc(C)c(OC)c2C)cn1. The molecule has 0 fully saturated rings. The molecule has 1 amide bonds. The van der Waals surface area contributed by atoms with Gasteiger partial charge in [-0.3, -0.25) is 9.78 Å². The number of nitrogens with one attached hydrogen (secondary N) is 1. The number of aromatic nitrogens is 3. The maximum Gasteiger partial charge on any atom is 0.257 e. The summed E-state index contributed by atoms with van der Waals surface area (Å²) in [7, 11) is 3.37. The smallest absolute Gasteiger partial charge is 0.257 e. The summed E-state index contributed by atoms with van der Waals surface area (Å²) in [5.74, 6) is 1.16. The van der Waals surface area contributed by atoms with Crippen LogP contribution in [0.4, 0.5) is 5.95 Å². The second-order valence-electron chi connectivity index (χ2n) is 5.53. The Balaban J connectivity index is 2.14. The topological polar surface area (TPSA) is 80.2 Å². The van der Waals surface area contributed by atoms with Crippen molar-refractivity contribution in [3.63, 3.8) is 0 Å². The lowest BCUT2D eigenvalue weighted by atomic mass is 10.1. The van der Waals surface area contributed by atoms with Crippen LogP contribution in [0, 0.1) is 13.8 Å². The third-order valence-corrected chi connectivity index (χ3v) is 3.72. The van der Waals surface area contributed by atoms with E-state index in [2.05, 4.69) is 20.3 Å². The van der Waals surface area contributed by atoms with Crippen LogP contribution in [0.2, 0.25) is 0 Å². The fourth-order valence-electron chi connectivity index (χ4n) is 2.44. The van der Waals surface area contributed by atoms with E-state index < -0.39 is 0 Å². The molecule has 0 spiro atoms. The summed E-state index contributed by atoms with van der Waals surface area (Å²) in [4.78, 5) is 26.8. The van der Waals surface area contributed by atoms with Gasteiger partial charge in [0, 0.05) is 43.3 Å². The average molecular weight is 329 g/mol. The van der Waals surface area contributed by atoms with E-state index in [-0.39, 0.29) is 5.91 Å². The molecular weight excluding hydrogens is 306 g/mol. The van der Waals surface area contributed by atoms with Crippen molar-refractivity contribution in [3.8, 4) is 5.75 Å². The highest BCUT2D eigenvalue weighted by Crippen LogP contribution is 2.24. The summed E-state index contributed by atoms with van der Waals surface area (Å²) in [6.45, 7) is 6.96. The summed E-state index contributed by atoms with van der Waals surface area (Å²) in [6.07, 6.45) is 4.81. The zero-order chi connectivity index (χ0) is 17.7. The maximum absolute atomic E-state index is 12.5. The molecule has 0 unspecified atom stereocenters. The molecule has 7 heteroatoms. The third kappa shape index (κ3) is 3.79. The molecule has 2 heterocycles. The molecule has 2 aromatic heterocycles. The number of hydrogen-bond donors (Lipinski definition) is 1. The van der Waals surface area contributed by atoms with E-state index in [0.717, 1.165) is 29.1 Å². The minimum atomic E-state index is -0.154. The van der Waals surface area contributed by atoms with E-state index in [0.29, 0.717) is 18.1 Å². The highest BCUT2D eigenvalue weighted by Gasteiger charge is 2.17. The van der Waals surface area contributed by atoms with Gasteiger partial charge >= 0.3 is 0 Å². The molecule has 0 aromatic carbocycles. The van der Waals surface area contributed by atoms with Gasteiger partial charge in [-0.1, -0.05) is 0 Å². The quantitative estimate of drug-likeness (QED) is 0.875. The number of amides is 1. The second kappa shape index (κ2) is 7.72. The number of nitrogens with zero attached hydrogens (tertiary/aromatic N) is 4. The van der Waals surface area contributed by atoms with Crippen molar-refractivity contribution in [1.82, 2.24) is 19.9 Å². The van der Waals surface area contributed by atoms with Gasteiger partial charge in [0.1, 0.15) is 5.75 Å². The Hall–Kier alpha value is -2.70. The van der Waals surface area contributed by atoms with Gasteiger partial charge in [-0.15, -0.1) is 0 Å². The fraction of sp³-hybridized carbons (Fsp3) is 0.412. The Kier molecular flexibility index (Phi) is 5.68. The predicted octanol–water partition coefficient (Wildman–Crippen LogP) is 2.20. The lowest BCUT2D eigenvalue weighted by Gasteiger charge is -2.19. The fourth-order valence-corrected chi connectivity index (χ4v) is 2.44. The summed E-state index contributed by atoms with van der Waals surface area (Å²) < 4.78 is 5.41. The number of aryl methyl sites for hydroxylation is 1. The molecule has 0 aliphatic carbocycles. The number of methoxy groups -OCH3 is 1. The van der Waals surface area contributed by atoms with Gasteiger partial charge in [-0.25, -0.2) is 9.97 Å². The van der Waals surface area contributed by atoms with Crippen molar-refractivity contribution in [2.24, 2.45) is 0 Å². The van der Waals surface area contributed by atoms with Gasteiger partial charge < -0.3 is 15.0 Å². The lowest BCUT2D eigenvalue weighted by molar-refractivity contribution is 0.0782. The van der Waals surface area contributed by atoms with Crippen LogP contribution in [0.1, 0.15) is 34.1 Å². The maximum atomic E-state index is 12.5. The first-order valence-corrected chi connectivity index (χ1v) is 7.78. The molecule has 24 heavy (non-hydrogen) atoms. The van der Waals surface area contributed by atoms with Gasteiger partial charge in [0.15, 0.2) is 0 Å². The molecule has 1 N–H and O–H groups in total. The van der Waals surface area contributed by atoms with Gasteiger partial charge in [0.05, 0.1) is 24.9 Å². The molecule has 0 radical (unpaired) electrons. The van der Waals surface area contributed by atoms with Crippen molar-refractivity contribution in [2.45, 2.75) is 27.3 Å². The van der Waals surface area contributed by atoms with Crippen LogP contribution in [0.15, 0.2) is 18.6 Å². The van der Waals surface area contributed by atoms with Crippen LogP contribution in [0.3, 0.4) is 0 Å². The summed E-state index contributed by atoms with van der Waals surface area (Å²) in [5, 5.41) is 3.00. The summed E-state index contributed by atoms with van der Waals surface area (Å²) >= 11 is 0. The van der Waals surface area contributed by atoms with Crippen LogP contribution in [0.25, 0.3) is 0 Å². The molecule has 128 valence electrons. The van der Waals surface area contributed by atoms with Gasteiger partial charge in [-0.2, -0.15) is 0 Å². The first-order chi connectivity index (χ1) is 11.5. The normalized spacial score (nSPS) is 10.4. The number of anilines is 1. The van der Waals surface area contributed by atoms with Gasteiger partial charge in [0.2, 0.25) is 5.95 Å². The molecule has 7 nitrogen and oxygen atoms in total. The molecule has 0 aliphatic rings. The lowest BCUT2D eigenvalue weighted by Crippen LogP contribution is -2.27. The van der Waals surface area contributed by atoms with Crippen LogP contribution < -0.4 is 10.1 Å². The molecule has 0 saturated heterocycles. The van der Waals surface area contributed by atoms with Crippen LogP contribution >= 0.6 is 0 Å². The summed E-state index contributed by atoms with van der Waals surface area (Å²) in [6, 6.07) is 0. The molecule has 0 bridgehead atoms. The second-order valence-corrected chi connectivity index (χ2v) is 5.53. The minimum Gasteiger partial charge on any atom is -0.496 e. The van der Waals surface area contributed by atoms with Crippen molar-refractivity contribution in [3.05, 3.63) is 41.0 Å². The number of ether oxygens (including phenoxy) is 1. The number of pyridine rings is 1. The molecule has 0 atom stereocenters. The molecule has 2 rings (SSSR count). The number of hydrogen-bond acceptors (Lipinski definition) is 6. The van der Waals surface area contributed by atoms with E-state index in [1.165, 1.54) is 12.4 Å². The third-order valence-electron chi connectivity index (χ3n) is 3.72. The average Bonchev–Trinajstić information content (AvgIpc) is 2.58. The predicted molar refractivity (Wildman–Crippen MR) is 92.3 cm³/mol. The molecule has 0 saturated carbocycles. The van der Waals surface area contributed by atoms with Crippen molar-refractivity contribution < 1.29 is 9.53 Å². The van der Waals surface area contributed by atoms with Crippen molar-refractivity contribution in [1.29, 1.82) is 0 Å². The van der Waals surface area contributed by atoms with E-state index in [1.807, 2.05) is 20.8 Å². The standard InChI is InChI=1S/C17H23N5O2/c1-6-18-17-20-8-13(9-21-17)16(23)22(4)10-14-12(3)15(24-5)11(2)7-19-14/h7-9H,6,10H2,1-5H3,(H,18,20,21). The van der Waals surface area contributed by atoms with Crippen LogP contribution in [-0.4, -0.2) is 46.5 Å². The number of carbonyl (C=O) groups is 1. The van der Waals surface area contributed by atoms with E-state index in [1.54, 1.807) is 25.3 Å². The Morgan fingerprint density at radius 1 is 1.21 bits per heavy atom. The highest BCUT2D eigenvalue weighted by atomic mass is 16.5. The first kappa shape index (κ1) is 17.7. The highest BCUT2D eigenvalue weighted by molar-refractivity contribution is 5.93. The molecular formula is C17H23N5O2.